The van der Waals surface area contributed by atoms with Crippen LogP contribution in [0.25, 0.3) is 0 Å². The van der Waals surface area contributed by atoms with Gasteiger partial charge in [0.05, 0.1) is 14.2 Å². The average molecular weight is 348 g/mol. The van der Waals surface area contributed by atoms with Crippen molar-refractivity contribution >= 4 is 11.8 Å². The van der Waals surface area contributed by atoms with Gasteiger partial charge in [0.1, 0.15) is 11.9 Å². The Balaban J connectivity index is 2.56. The summed E-state index contributed by atoms with van der Waals surface area (Å²) in [5, 5.41) is 12.9. The van der Waals surface area contributed by atoms with E-state index in [0.29, 0.717) is 23.8 Å². The number of aliphatic carboxylic acids is 1. The quantitative estimate of drug-likeness (QED) is 0.826. The van der Waals surface area contributed by atoms with Gasteiger partial charge in [0.15, 0.2) is 11.5 Å². The highest BCUT2D eigenvalue weighted by atomic mass is 16.5. The van der Waals surface area contributed by atoms with Gasteiger partial charge < -0.3 is 19.9 Å². The van der Waals surface area contributed by atoms with Gasteiger partial charge in [0.2, 0.25) is 0 Å². The van der Waals surface area contributed by atoms with Crippen LogP contribution in [0.4, 0.5) is 0 Å². The highest BCUT2D eigenvalue weighted by molar-refractivity contribution is 6.03. The van der Waals surface area contributed by atoms with Crippen molar-refractivity contribution in [2.45, 2.75) is 52.1 Å². The van der Waals surface area contributed by atoms with E-state index in [9.17, 15) is 9.90 Å². The van der Waals surface area contributed by atoms with Gasteiger partial charge in [-0.2, -0.15) is 0 Å². The minimum atomic E-state index is -0.909. The number of nitrogens with zero attached hydrogens (tertiary/aromatic N) is 1. The summed E-state index contributed by atoms with van der Waals surface area (Å²) in [6.07, 6.45) is 1.27. The third kappa shape index (κ3) is 4.44. The van der Waals surface area contributed by atoms with Crippen LogP contribution in [0.2, 0.25) is 0 Å². The SMILES string of the molecule is COc1cc2c(cc1OC)C(=N[C@@H](CC(C)C)C(=O)O)NC(C)(C)C2. The Kier molecular flexibility index (Phi) is 5.60. The second-order valence-electron chi connectivity index (χ2n) is 7.51. The van der Waals surface area contributed by atoms with E-state index in [2.05, 4.69) is 24.2 Å². The Morgan fingerprint density at radius 1 is 1.28 bits per heavy atom. The summed E-state index contributed by atoms with van der Waals surface area (Å²) >= 11 is 0. The van der Waals surface area contributed by atoms with E-state index in [0.717, 1.165) is 17.5 Å². The first kappa shape index (κ1) is 19.1. The number of aliphatic imine (C=N–C) groups is 1. The number of carboxylic acid groups (broad SMARTS) is 1. The summed E-state index contributed by atoms with van der Waals surface area (Å²) in [5.41, 5.74) is 1.70. The molecule has 0 saturated heterocycles. The summed E-state index contributed by atoms with van der Waals surface area (Å²) in [5.74, 6) is 1.20. The molecule has 0 radical (unpaired) electrons. The molecule has 1 aliphatic rings. The van der Waals surface area contributed by atoms with Gasteiger partial charge in [-0.3, -0.25) is 4.99 Å². The number of hydrogen-bond donors (Lipinski definition) is 2. The molecule has 1 aromatic rings. The summed E-state index contributed by atoms with van der Waals surface area (Å²) < 4.78 is 10.8. The molecule has 2 N–H and O–H groups in total. The summed E-state index contributed by atoms with van der Waals surface area (Å²) in [7, 11) is 3.19. The third-order valence-corrected chi connectivity index (χ3v) is 4.22. The van der Waals surface area contributed by atoms with E-state index in [1.54, 1.807) is 14.2 Å². The molecule has 6 nitrogen and oxygen atoms in total. The number of nitrogens with one attached hydrogen (secondary N) is 1. The van der Waals surface area contributed by atoms with Crippen LogP contribution in [-0.2, 0) is 11.2 Å². The van der Waals surface area contributed by atoms with Crippen molar-refractivity contribution in [2.24, 2.45) is 10.9 Å². The van der Waals surface area contributed by atoms with Crippen molar-refractivity contribution in [3.8, 4) is 11.5 Å². The van der Waals surface area contributed by atoms with Crippen LogP contribution < -0.4 is 14.8 Å². The molecule has 0 spiro atoms. The molecule has 2 rings (SSSR count). The molecule has 138 valence electrons. The second kappa shape index (κ2) is 7.33. The van der Waals surface area contributed by atoms with E-state index in [4.69, 9.17) is 9.47 Å². The fourth-order valence-corrected chi connectivity index (χ4v) is 3.11. The lowest BCUT2D eigenvalue weighted by molar-refractivity contribution is -0.138. The summed E-state index contributed by atoms with van der Waals surface area (Å²) in [6.45, 7) is 8.13. The predicted octanol–water partition coefficient (Wildman–Crippen LogP) is 2.87. The number of benzene rings is 1. The van der Waals surface area contributed by atoms with Gasteiger partial charge in [-0.25, -0.2) is 4.79 Å². The maximum atomic E-state index is 11.6. The van der Waals surface area contributed by atoms with Crippen LogP contribution in [0.5, 0.6) is 11.5 Å². The Bertz CT molecular complexity index is 680. The van der Waals surface area contributed by atoms with Crippen LogP contribution in [0.15, 0.2) is 17.1 Å². The first-order chi connectivity index (χ1) is 11.7. The lowest BCUT2D eigenvalue weighted by atomic mass is 9.86. The third-order valence-electron chi connectivity index (χ3n) is 4.22. The number of carbonyl (C=O) groups is 1. The molecule has 1 atom stereocenters. The van der Waals surface area contributed by atoms with E-state index in [1.807, 2.05) is 26.0 Å². The number of fused-ring (bicyclic) bond motifs is 1. The lowest BCUT2D eigenvalue weighted by Gasteiger charge is -2.35. The average Bonchev–Trinajstić information content (AvgIpc) is 2.51. The van der Waals surface area contributed by atoms with Gasteiger partial charge in [-0.15, -0.1) is 0 Å². The highest BCUT2D eigenvalue weighted by Gasteiger charge is 2.31. The van der Waals surface area contributed by atoms with Gasteiger partial charge in [-0.05, 0) is 50.3 Å². The van der Waals surface area contributed by atoms with Crippen molar-refractivity contribution in [2.75, 3.05) is 14.2 Å². The molecule has 0 bridgehead atoms. The number of ether oxygens (including phenoxy) is 2. The number of amidine groups is 1. The minimum Gasteiger partial charge on any atom is -0.493 e. The topological polar surface area (TPSA) is 80.2 Å². The molecule has 0 fully saturated rings. The predicted molar refractivity (Wildman–Crippen MR) is 97.9 cm³/mol. The fraction of sp³-hybridized carbons (Fsp3) is 0.579. The fourth-order valence-electron chi connectivity index (χ4n) is 3.11. The maximum absolute atomic E-state index is 11.6. The highest BCUT2D eigenvalue weighted by Crippen LogP contribution is 2.34. The lowest BCUT2D eigenvalue weighted by Crippen LogP contribution is -2.50. The molecule has 0 aliphatic carbocycles. The monoisotopic (exact) mass is 348 g/mol. The zero-order valence-electron chi connectivity index (χ0n) is 15.8. The van der Waals surface area contributed by atoms with Gasteiger partial charge in [0, 0.05) is 11.1 Å². The molecule has 0 unspecified atom stereocenters. The Morgan fingerprint density at radius 3 is 2.40 bits per heavy atom. The van der Waals surface area contributed by atoms with Crippen molar-refractivity contribution in [3.63, 3.8) is 0 Å². The van der Waals surface area contributed by atoms with Crippen molar-refractivity contribution in [1.29, 1.82) is 0 Å². The zero-order valence-corrected chi connectivity index (χ0v) is 15.8. The zero-order chi connectivity index (χ0) is 18.8. The molecular formula is C19H28N2O4. The van der Waals surface area contributed by atoms with E-state index < -0.39 is 12.0 Å². The molecule has 0 saturated carbocycles. The normalized spacial score (nSPS) is 18.4. The van der Waals surface area contributed by atoms with E-state index >= 15 is 0 Å². The Hall–Kier alpha value is -2.24. The van der Waals surface area contributed by atoms with Crippen LogP contribution >= 0.6 is 0 Å². The largest absolute Gasteiger partial charge is 0.493 e. The van der Waals surface area contributed by atoms with Gasteiger partial charge in [-0.1, -0.05) is 13.8 Å². The first-order valence-corrected chi connectivity index (χ1v) is 8.51. The van der Waals surface area contributed by atoms with Crippen molar-refractivity contribution < 1.29 is 19.4 Å². The summed E-state index contributed by atoms with van der Waals surface area (Å²) in [4.78, 5) is 16.2. The van der Waals surface area contributed by atoms with Crippen LogP contribution in [0.3, 0.4) is 0 Å². The van der Waals surface area contributed by atoms with Gasteiger partial charge in [0.25, 0.3) is 0 Å². The van der Waals surface area contributed by atoms with Crippen molar-refractivity contribution in [3.05, 3.63) is 23.3 Å². The summed E-state index contributed by atoms with van der Waals surface area (Å²) in [6, 6.07) is 3.03. The van der Waals surface area contributed by atoms with Crippen LogP contribution in [0, 0.1) is 5.92 Å². The number of methoxy groups -OCH3 is 2. The molecular weight excluding hydrogens is 320 g/mol. The standard InChI is InChI=1S/C19H28N2O4/c1-11(2)7-14(18(22)23)20-17-13-9-16(25-6)15(24-5)8-12(13)10-19(3,4)21-17/h8-9,11,14H,7,10H2,1-6H3,(H,20,21)(H,22,23)/t14-/m0/s1. The molecule has 0 amide bonds. The molecule has 6 heteroatoms. The molecule has 0 aromatic heterocycles. The minimum absolute atomic E-state index is 0.230. The Morgan fingerprint density at radius 2 is 1.88 bits per heavy atom. The molecule has 1 aromatic carbocycles. The van der Waals surface area contributed by atoms with Gasteiger partial charge >= 0.3 is 5.97 Å². The second-order valence-corrected chi connectivity index (χ2v) is 7.51. The number of rotatable bonds is 6. The van der Waals surface area contributed by atoms with Crippen LogP contribution in [-0.4, -0.2) is 42.7 Å². The molecule has 1 aliphatic heterocycles. The molecule has 25 heavy (non-hydrogen) atoms. The van der Waals surface area contributed by atoms with Crippen LogP contribution in [0.1, 0.15) is 45.2 Å². The Labute approximate surface area is 149 Å². The smallest absolute Gasteiger partial charge is 0.328 e. The number of hydrogen-bond acceptors (Lipinski definition) is 4. The maximum Gasteiger partial charge on any atom is 0.328 e. The molecule has 1 heterocycles. The van der Waals surface area contributed by atoms with Crippen molar-refractivity contribution in [1.82, 2.24) is 5.32 Å². The van der Waals surface area contributed by atoms with E-state index in [1.165, 1.54) is 0 Å². The first-order valence-electron chi connectivity index (χ1n) is 8.51. The number of carboxylic acids is 1. The van der Waals surface area contributed by atoms with E-state index in [-0.39, 0.29) is 11.5 Å².